The monoisotopic (exact) mass is 538 g/mol. The number of benzene rings is 2. The number of rotatable bonds is 8. The van der Waals surface area contributed by atoms with Gasteiger partial charge in [0.15, 0.2) is 4.90 Å². The molecule has 36 heavy (non-hydrogen) atoms. The van der Waals surface area contributed by atoms with Gasteiger partial charge in [0.25, 0.3) is 0 Å². The predicted molar refractivity (Wildman–Crippen MR) is 142 cm³/mol. The molecule has 1 aliphatic carbocycles. The predicted octanol–water partition coefficient (Wildman–Crippen LogP) is 5.30. The second kappa shape index (κ2) is 14.0. The summed E-state index contributed by atoms with van der Waals surface area (Å²) in [4.78, 5) is 12.8. The minimum Gasteiger partial charge on any atom is -0.726 e. The van der Waals surface area contributed by atoms with Crippen molar-refractivity contribution in [3.05, 3.63) is 59.7 Å². The van der Waals surface area contributed by atoms with Gasteiger partial charge in [-0.15, -0.1) is 0 Å². The first-order valence-corrected chi connectivity index (χ1v) is 15.3. The molecule has 1 fully saturated rings. The number of ether oxygens (including phenoxy) is 1. The van der Waals surface area contributed by atoms with Gasteiger partial charge in [0.1, 0.15) is 17.8 Å². The Morgan fingerprint density at radius 1 is 1.11 bits per heavy atom. The first kappa shape index (κ1) is 30.2. The summed E-state index contributed by atoms with van der Waals surface area (Å²) >= 11 is 0. The van der Waals surface area contributed by atoms with E-state index < -0.39 is 16.5 Å². The van der Waals surface area contributed by atoms with E-state index in [1.54, 1.807) is 31.2 Å². The SMILES string of the molecule is CC1CCC(C(C)C)C(OS(=O)(=O)[O-])C1.CCOC(=O)c1ccc(C[S+](C)c2ccc(O)cc2)cc1. The average Bonchev–Trinajstić information content (AvgIpc) is 2.79. The van der Waals surface area contributed by atoms with Gasteiger partial charge in [0, 0.05) is 16.5 Å². The molecule has 0 heterocycles. The third-order valence-corrected chi connectivity index (χ3v) is 8.62. The molecule has 0 amide bonds. The molecule has 7 nitrogen and oxygen atoms in total. The van der Waals surface area contributed by atoms with Crippen LogP contribution in [0.3, 0.4) is 0 Å². The number of carbonyl (C=O) groups excluding carboxylic acids is 1. The van der Waals surface area contributed by atoms with Gasteiger partial charge >= 0.3 is 5.97 Å². The number of aromatic hydroxyl groups is 1. The maximum atomic E-state index is 11.6. The van der Waals surface area contributed by atoms with Crippen LogP contribution in [0, 0.1) is 17.8 Å². The van der Waals surface area contributed by atoms with Crippen molar-refractivity contribution in [1.29, 1.82) is 0 Å². The minimum absolute atomic E-state index is 0.0593. The minimum atomic E-state index is -4.56. The third kappa shape index (κ3) is 10.1. The van der Waals surface area contributed by atoms with Crippen LogP contribution in [0.15, 0.2) is 53.4 Å². The van der Waals surface area contributed by atoms with E-state index in [1.807, 2.05) is 38.1 Å². The fraction of sp³-hybridized carbons (Fsp3) is 0.519. The molecule has 2 aromatic carbocycles. The highest BCUT2D eigenvalue weighted by Gasteiger charge is 2.32. The molecule has 0 bridgehead atoms. The molecule has 0 spiro atoms. The topological polar surface area (TPSA) is 113 Å². The number of phenols is 1. The zero-order chi connectivity index (χ0) is 26.9. The van der Waals surface area contributed by atoms with Crippen LogP contribution in [0.5, 0.6) is 5.75 Å². The van der Waals surface area contributed by atoms with Crippen LogP contribution in [0.2, 0.25) is 0 Å². The van der Waals surface area contributed by atoms with Gasteiger partial charge in [0.05, 0.1) is 18.3 Å². The summed E-state index contributed by atoms with van der Waals surface area (Å²) in [6.45, 7) is 8.32. The van der Waals surface area contributed by atoms with Crippen molar-refractivity contribution in [2.75, 3.05) is 12.9 Å². The van der Waals surface area contributed by atoms with Crippen LogP contribution in [0.25, 0.3) is 0 Å². The fourth-order valence-corrected chi connectivity index (χ4v) is 6.32. The molecule has 9 heteroatoms. The van der Waals surface area contributed by atoms with Gasteiger partial charge in [0.2, 0.25) is 10.4 Å². The molecule has 1 N–H and O–H groups in total. The van der Waals surface area contributed by atoms with E-state index >= 15 is 0 Å². The van der Waals surface area contributed by atoms with Gasteiger partial charge in [-0.3, -0.25) is 4.18 Å². The van der Waals surface area contributed by atoms with Gasteiger partial charge in [-0.05, 0) is 73.9 Å². The fourth-order valence-electron chi connectivity index (χ4n) is 4.34. The van der Waals surface area contributed by atoms with Gasteiger partial charge in [-0.2, -0.15) is 0 Å². The van der Waals surface area contributed by atoms with Gasteiger partial charge < -0.3 is 14.4 Å². The van der Waals surface area contributed by atoms with E-state index in [-0.39, 0.29) is 28.5 Å². The summed E-state index contributed by atoms with van der Waals surface area (Å²) in [5, 5.41) is 9.31. The summed E-state index contributed by atoms with van der Waals surface area (Å²) in [5.74, 6) is 1.89. The van der Waals surface area contributed by atoms with Crippen molar-refractivity contribution in [3.8, 4) is 5.75 Å². The number of esters is 1. The third-order valence-electron chi connectivity index (χ3n) is 6.29. The molecular formula is C27H38O7S2. The van der Waals surface area contributed by atoms with Crippen molar-refractivity contribution in [2.24, 2.45) is 17.8 Å². The number of hydrogen-bond donors (Lipinski definition) is 1. The lowest BCUT2D eigenvalue weighted by Gasteiger charge is -2.37. The molecule has 200 valence electrons. The molecule has 2 aromatic rings. The number of phenolic OH excluding ortho intramolecular Hbond substituents is 1. The quantitative estimate of drug-likeness (QED) is 0.210. The second-order valence-corrected chi connectivity index (χ2v) is 12.6. The van der Waals surface area contributed by atoms with Crippen LogP contribution < -0.4 is 0 Å². The lowest BCUT2D eigenvalue weighted by Crippen LogP contribution is -2.35. The standard InChI is InChI=1S/C17H18O3S.C10H20O4S/c1-3-20-17(19)14-6-4-13(5-7-14)12-21(2)16-10-8-15(18)9-11-16;1-7(2)9-5-4-8(3)6-10(9)14-15(11,12)13/h4-11H,3,12H2,1-2H3;7-10H,4-6H2,1-3H3,(H,11,12,13). The van der Waals surface area contributed by atoms with Crippen LogP contribution in [0.4, 0.5) is 0 Å². The van der Waals surface area contributed by atoms with Gasteiger partial charge in [-0.25, -0.2) is 13.2 Å². The second-order valence-electron chi connectivity index (χ2n) is 9.56. The van der Waals surface area contributed by atoms with Crippen molar-refractivity contribution < 1.29 is 31.8 Å². The Morgan fingerprint density at radius 3 is 2.25 bits per heavy atom. The highest BCUT2D eigenvalue weighted by atomic mass is 32.3. The van der Waals surface area contributed by atoms with E-state index in [4.69, 9.17) is 4.74 Å². The van der Waals surface area contributed by atoms with Crippen molar-refractivity contribution in [3.63, 3.8) is 0 Å². The first-order chi connectivity index (χ1) is 16.9. The highest BCUT2D eigenvalue weighted by molar-refractivity contribution is 7.95. The Balaban J connectivity index is 0.000000269. The average molecular weight is 539 g/mol. The van der Waals surface area contributed by atoms with Crippen LogP contribution in [-0.2, 0) is 36.0 Å². The van der Waals surface area contributed by atoms with Gasteiger partial charge in [-0.1, -0.05) is 39.3 Å². The Hall–Kier alpha value is -2.07. The van der Waals surface area contributed by atoms with E-state index in [0.717, 1.165) is 18.6 Å². The summed E-state index contributed by atoms with van der Waals surface area (Å²) in [5.41, 5.74) is 1.77. The van der Waals surface area contributed by atoms with E-state index in [0.29, 0.717) is 30.4 Å². The Morgan fingerprint density at radius 2 is 1.72 bits per heavy atom. The molecule has 0 saturated heterocycles. The lowest BCUT2D eigenvalue weighted by atomic mass is 9.75. The molecule has 4 unspecified atom stereocenters. The van der Waals surface area contributed by atoms with E-state index in [9.17, 15) is 22.9 Å². The molecular weight excluding hydrogens is 500 g/mol. The maximum absolute atomic E-state index is 11.6. The smallest absolute Gasteiger partial charge is 0.338 e. The number of carbonyl (C=O) groups is 1. The van der Waals surface area contributed by atoms with Crippen molar-refractivity contribution >= 4 is 27.3 Å². The summed E-state index contributed by atoms with van der Waals surface area (Å²) in [6, 6.07) is 14.9. The zero-order valence-electron chi connectivity index (χ0n) is 21.7. The molecule has 0 aromatic heterocycles. The normalized spacial score (nSPS) is 20.8. The van der Waals surface area contributed by atoms with Crippen LogP contribution in [-0.4, -0.2) is 43.0 Å². The van der Waals surface area contributed by atoms with Crippen LogP contribution >= 0.6 is 0 Å². The van der Waals surface area contributed by atoms with E-state index in [1.165, 1.54) is 10.5 Å². The van der Waals surface area contributed by atoms with E-state index in [2.05, 4.69) is 17.4 Å². The summed E-state index contributed by atoms with van der Waals surface area (Å²) in [6.07, 6.45) is 4.45. The Kier molecular flexibility index (Phi) is 11.7. The molecule has 3 rings (SSSR count). The maximum Gasteiger partial charge on any atom is 0.338 e. The molecule has 0 radical (unpaired) electrons. The first-order valence-electron chi connectivity index (χ1n) is 12.2. The van der Waals surface area contributed by atoms with Crippen LogP contribution in [0.1, 0.15) is 62.9 Å². The van der Waals surface area contributed by atoms with Crippen molar-refractivity contribution in [2.45, 2.75) is 63.7 Å². The highest BCUT2D eigenvalue weighted by Crippen LogP contribution is 2.35. The zero-order valence-corrected chi connectivity index (χ0v) is 23.3. The summed E-state index contributed by atoms with van der Waals surface area (Å²) in [7, 11) is -4.50. The molecule has 1 saturated carbocycles. The lowest BCUT2D eigenvalue weighted by molar-refractivity contribution is 0.0411. The summed E-state index contributed by atoms with van der Waals surface area (Å²) < 4.78 is 41.4. The number of hydrogen-bond acceptors (Lipinski definition) is 7. The Bertz CT molecular complexity index is 1050. The van der Waals surface area contributed by atoms with Crippen molar-refractivity contribution in [1.82, 2.24) is 0 Å². The Labute approximate surface area is 218 Å². The molecule has 4 atom stereocenters. The molecule has 1 aliphatic rings. The largest absolute Gasteiger partial charge is 0.726 e. The molecule has 0 aliphatic heterocycles.